The van der Waals surface area contributed by atoms with Gasteiger partial charge in [-0.1, -0.05) is 32.3 Å². The van der Waals surface area contributed by atoms with Gasteiger partial charge in [0.15, 0.2) is 11.5 Å². The number of piperidine rings is 1. The molecule has 0 aliphatic carbocycles. The zero-order valence-electron chi connectivity index (χ0n) is 14.8. The SMILES string of the molecule is CCCCCCN1CCCC(O)C1c1ccc(OC)c(OC)c1. The third kappa shape index (κ3) is 4.61. The van der Waals surface area contributed by atoms with Crippen LogP contribution in [0.1, 0.15) is 57.1 Å². The molecule has 0 saturated carbocycles. The number of rotatable bonds is 8. The molecule has 1 N–H and O–H groups in total. The van der Waals surface area contributed by atoms with Crippen LogP contribution in [0.4, 0.5) is 0 Å². The zero-order chi connectivity index (χ0) is 16.7. The highest BCUT2D eigenvalue weighted by atomic mass is 16.5. The first-order chi connectivity index (χ1) is 11.2. The van der Waals surface area contributed by atoms with Crippen molar-refractivity contribution in [2.45, 2.75) is 57.6 Å². The van der Waals surface area contributed by atoms with E-state index in [-0.39, 0.29) is 12.1 Å². The van der Waals surface area contributed by atoms with E-state index in [1.165, 1.54) is 25.7 Å². The molecule has 1 fully saturated rings. The average Bonchev–Trinajstić information content (AvgIpc) is 2.58. The molecule has 1 saturated heterocycles. The molecule has 2 unspecified atom stereocenters. The summed E-state index contributed by atoms with van der Waals surface area (Å²) < 4.78 is 10.7. The van der Waals surface area contributed by atoms with Gasteiger partial charge >= 0.3 is 0 Å². The summed E-state index contributed by atoms with van der Waals surface area (Å²) in [5.74, 6) is 1.46. The Balaban J connectivity index is 2.14. The van der Waals surface area contributed by atoms with Crippen molar-refractivity contribution < 1.29 is 14.6 Å². The molecule has 2 rings (SSSR count). The van der Waals surface area contributed by atoms with Crippen molar-refractivity contribution in [3.8, 4) is 11.5 Å². The van der Waals surface area contributed by atoms with Crippen molar-refractivity contribution in [1.82, 2.24) is 4.90 Å². The molecule has 1 heterocycles. The van der Waals surface area contributed by atoms with Crippen LogP contribution in [-0.4, -0.2) is 43.4 Å². The Morgan fingerprint density at radius 2 is 1.91 bits per heavy atom. The van der Waals surface area contributed by atoms with Crippen LogP contribution in [0, 0.1) is 0 Å². The normalized spacial score (nSPS) is 22.1. The second-order valence-electron chi connectivity index (χ2n) is 6.37. The van der Waals surface area contributed by atoms with E-state index in [9.17, 15) is 5.11 Å². The molecule has 130 valence electrons. The number of aliphatic hydroxyl groups excluding tert-OH is 1. The summed E-state index contributed by atoms with van der Waals surface area (Å²) in [5.41, 5.74) is 1.12. The number of aliphatic hydroxyl groups is 1. The van der Waals surface area contributed by atoms with Crippen LogP contribution in [0.2, 0.25) is 0 Å². The maximum Gasteiger partial charge on any atom is 0.161 e. The molecular weight excluding hydrogens is 290 g/mol. The van der Waals surface area contributed by atoms with E-state index in [0.29, 0.717) is 0 Å². The van der Waals surface area contributed by atoms with Crippen LogP contribution >= 0.6 is 0 Å². The standard InChI is InChI=1S/C19H31NO3/c1-4-5-6-7-12-20-13-8-9-16(21)19(20)15-10-11-17(22-2)18(14-15)23-3/h10-11,14,16,19,21H,4-9,12-13H2,1-3H3. The van der Waals surface area contributed by atoms with Gasteiger partial charge in [-0.2, -0.15) is 0 Å². The van der Waals surface area contributed by atoms with Gasteiger partial charge in [-0.3, -0.25) is 4.90 Å². The molecule has 0 aromatic heterocycles. The fourth-order valence-corrected chi connectivity index (χ4v) is 3.51. The lowest BCUT2D eigenvalue weighted by molar-refractivity contribution is 0.00877. The summed E-state index contributed by atoms with van der Waals surface area (Å²) in [4.78, 5) is 2.44. The third-order valence-corrected chi connectivity index (χ3v) is 4.75. The van der Waals surface area contributed by atoms with Gasteiger partial charge in [0.25, 0.3) is 0 Å². The minimum Gasteiger partial charge on any atom is -0.493 e. The van der Waals surface area contributed by atoms with Crippen molar-refractivity contribution in [2.24, 2.45) is 0 Å². The molecule has 1 aromatic carbocycles. The van der Waals surface area contributed by atoms with Gasteiger partial charge < -0.3 is 14.6 Å². The highest BCUT2D eigenvalue weighted by Gasteiger charge is 2.31. The molecule has 0 bridgehead atoms. The number of hydrogen-bond donors (Lipinski definition) is 1. The van der Waals surface area contributed by atoms with Crippen LogP contribution in [0.15, 0.2) is 18.2 Å². The highest BCUT2D eigenvalue weighted by molar-refractivity contribution is 5.44. The van der Waals surface area contributed by atoms with Crippen LogP contribution in [0.3, 0.4) is 0 Å². The van der Waals surface area contributed by atoms with Crippen molar-refractivity contribution in [2.75, 3.05) is 27.3 Å². The van der Waals surface area contributed by atoms with E-state index in [1.807, 2.05) is 12.1 Å². The second-order valence-corrected chi connectivity index (χ2v) is 6.37. The monoisotopic (exact) mass is 321 g/mol. The van der Waals surface area contributed by atoms with E-state index >= 15 is 0 Å². The first kappa shape index (κ1) is 18.1. The Bertz CT molecular complexity index is 478. The first-order valence-corrected chi connectivity index (χ1v) is 8.85. The summed E-state index contributed by atoms with van der Waals surface area (Å²) >= 11 is 0. The summed E-state index contributed by atoms with van der Waals surface area (Å²) in [6, 6.07) is 6.06. The Morgan fingerprint density at radius 3 is 2.61 bits per heavy atom. The van der Waals surface area contributed by atoms with Gasteiger partial charge in [0.05, 0.1) is 26.4 Å². The Morgan fingerprint density at radius 1 is 1.13 bits per heavy atom. The fraction of sp³-hybridized carbons (Fsp3) is 0.684. The van der Waals surface area contributed by atoms with Gasteiger partial charge in [-0.15, -0.1) is 0 Å². The van der Waals surface area contributed by atoms with Crippen molar-refractivity contribution in [1.29, 1.82) is 0 Å². The van der Waals surface area contributed by atoms with Crippen LogP contribution in [0.5, 0.6) is 11.5 Å². The lowest BCUT2D eigenvalue weighted by Gasteiger charge is -2.39. The van der Waals surface area contributed by atoms with Gasteiger partial charge in [-0.05, 0) is 50.0 Å². The molecular formula is C19H31NO3. The minimum absolute atomic E-state index is 0.0604. The van der Waals surface area contributed by atoms with Gasteiger partial charge in [0.1, 0.15) is 0 Å². The summed E-state index contributed by atoms with van der Waals surface area (Å²) in [5, 5.41) is 10.6. The minimum atomic E-state index is -0.312. The van der Waals surface area contributed by atoms with E-state index in [4.69, 9.17) is 9.47 Å². The maximum atomic E-state index is 10.6. The van der Waals surface area contributed by atoms with Crippen molar-refractivity contribution in [3.63, 3.8) is 0 Å². The molecule has 0 amide bonds. The molecule has 4 heteroatoms. The topological polar surface area (TPSA) is 41.9 Å². The number of hydrogen-bond acceptors (Lipinski definition) is 4. The third-order valence-electron chi connectivity index (χ3n) is 4.75. The Labute approximate surface area is 140 Å². The van der Waals surface area contributed by atoms with Crippen molar-refractivity contribution in [3.05, 3.63) is 23.8 Å². The number of benzene rings is 1. The molecule has 1 aliphatic heterocycles. The molecule has 23 heavy (non-hydrogen) atoms. The molecule has 1 aromatic rings. The first-order valence-electron chi connectivity index (χ1n) is 8.85. The average molecular weight is 321 g/mol. The molecule has 1 aliphatic rings. The Kier molecular flexibility index (Phi) is 7.18. The maximum absolute atomic E-state index is 10.6. The molecule has 0 radical (unpaired) electrons. The number of likely N-dealkylation sites (tertiary alicyclic amines) is 1. The van der Waals surface area contributed by atoms with Crippen molar-refractivity contribution >= 4 is 0 Å². The summed E-state index contributed by atoms with van der Waals surface area (Å²) in [7, 11) is 3.30. The second kappa shape index (κ2) is 9.14. The number of methoxy groups -OCH3 is 2. The fourth-order valence-electron chi connectivity index (χ4n) is 3.51. The predicted molar refractivity (Wildman–Crippen MR) is 93.2 cm³/mol. The van der Waals surface area contributed by atoms with Crippen LogP contribution < -0.4 is 9.47 Å². The lowest BCUT2D eigenvalue weighted by atomic mass is 9.92. The smallest absolute Gasteiger partial charge is 0.161 e. The number of nitrogens with zero attached hydrogens (tertiary/aromatic N) is 1. The van der Waals surface area contributed by atoms with E-state index in [1.54, 1.807) is 14.2 Å². The molecule has 2 atom stereocenters. The van der Waals surface area contributed by atoms with Gasteiger partial charge in [0, 0.05) is 0 Å². The van der Waals surface area contributed by atoms with Gasteiger partial charge in [-0.25, -0.2) is 0 Å². The molecule has 0 spiro atoms. The van der Waals surface area contributed by atoms with Crippen LogP contribution in [-0.2, 0) is 0 Å². The Hall–Kier alpha value is -1.26. The summed E-state index contributed by atoms with van der Waals surface area (Å²) in [6.07, 6.45) is 6.63. The predicted octanol–water partition coefficient (Wildman–Crippen LogP) is 3.78. The largest absolute Gasteiger partial charge is 0.493 e. The van der Waals surface area contributed by atoms with E-state index in [0.717, 1.165) is 43.0 Å². The van der Waals surface area contributed by atoms with E-state index in [2.05, 4.69) is 17.9 Å². The molecule has 4 nitrogen and oxygen atoms in total. The lowest BCUT2D eigenvalue weighted by Crippen LogP contribution is -2.42. The zero-order valence-corrected chi connectivity index (χ0v) is 14.8. The number of ether oxygens (including phenoxy) is 2. The number of unbranched alkanes of at least 4 members (excludes halogenated alkanes) is 3. The van der Waals surface area contributed by atoms with E-state index < -0.39 is 0 Å². The highest BCUT2D eigenvalue weighted by Crippen LogP contribution is 2.36. The quantitative estimate of drug-likeness (QED) is 0.740. The summed E-state index contributed by atoms with van der Waals surface area (Å²) in [6.45, 7) is 4.34. The van der Waals surface area contributed by atoms with Crippen LogP contribution in [0.25, 0.3) is 0 Å². The van der Waals surface area contributed by atoms with Gasteiger partial charge in [0.2, 0.25) is 0 Å².